The van der Waals surface area contributed by atoms with Crippen LogP contribution < -0.4 is 5.32 Å². The highest BCUT2D eigenvalue weighted by molar-refractivity contribution is 7.09. The molecule has 2 aromatic carbocycles. The molecule has 1 saturated carbocycles. The van der Waals surface area contributed by atoms with E-state index in [0.29, 0.717) is 18.8 Å². The van der Waals surface area contributed by atoms with E-state index in [0.717, 1.165) is 23.3 Å². The van der Waals surface area contributed by atoms with Crippen LogP contribution in [-0.2, 0) is 17.9 Å². The molecule has 3 amide bonds. The fourth-order valence-corrected chi connectivity index (χ4v) is 4.29. The van der Waals surface area contributed by atoms with Gasteiger partial charge in [-0.15, -0.1) is 11.3 Å². The number of carbonyl (C=O) groups is 2. The standard InChI is InChI=1S/C24H23ClFN3O2S/c25-21-13-18(8-11-22(21)26)27-24(31)29(19-9-10-19)16-23(30)28(15-20-7-4-12-32-20)14-17-5-2-1-3-6-17/h1-8,11-13,19H,9-10,14-16H2,(H,27,31). The molecule has 1 aliphatic carbocycles. The minimum atomic E-state index is -0.552. The molecule has 1 fully saturated rings. The van der Waals surface area contributed by atoms with Gasteiger partial charge in [0.25, 0.3) is 0 Å². The van der Waals surface area contributed by atoms with Crippen molar-refractivity contribution in [2.75, 3.05) is 11.9 Å². The Labute approximate surface area is 195 Å². The molecule has 0 atom stereocenters. The van der Waals surface area contributed by atoms with Crippen LogP contribution in [0, 0.1) is 5.82 Å². The molecule has 1 aromatic heterocycles. The van der Waals surface area contributed by atoms with Crippen LogP contribution in [0.1, 0.15) is 23.3 Å². The van der Waals surface area contributed by atoms with Crippen LogP contribution in [0.25, 0.3) is 0 Å². The highest BCUT2D eigenvalue weighted by Crippen LogP contribution is 2.28. The van der Waals surface area contributed by atoms with E-state index in [4.69, 9.17) is 11.6 Å². The van der Waals surface area contributed by atoms with Gasteiger partial charge in [-0.1, -0.05) is 48.0 Å². The lowest BCUT2D eigenvalue weighted by Crippen LogP contribution is -2.45. The number of rotatable bonds is 8. The van der Waals surface area contributed by atoms with E-state index in [-0.39, 0.29) is 29.5 Å². The quantitative estimate of drug-likeness (QED) is 0.453. The van der Waals surface area contributed by atoms with Crippen molar-refractivity contribution in [1.29, 1.82) is 0 Å². The third kappa shape index (κ3) is 5.87. The van der Waals surface area contributed by atoms with Gasteiger partial charge in [0.15, 0.2) is 0 Å². The Kier molecular flexibility index (Phi) is 7.07. The van der Waals surface area contributed by atoms with Crippen LogP contribution in [0.15, 0.2) is 66.0 Å². The number of nitrogens with zero attached hydrogens (tertiary/aromatic N) is 2. The van der Waals surface area contributed by atoms with Gasteiger partial charge in [0.2, 0.25) is 5.91 Å². The van der Waals surface area contributed by atoms with Crippen molar-refractivity contribution < 1.29 is 14.0 Å². The Balaban J connectivity index is 1.47. The summed E-state index contributed by atoms with van der Waals surface area (Å²) in [4.78, 5) is 30.7. The number of hydrogen-bond acceptors (Lipinski definition) is 3. The number of thiophene rings is 1. The minimum Gasteiger partial charge on any atom is -0.332 e. The summed E-state index contributed by atoms with van der Waals surface area (Å²) >= 11 is 7.42. The van der Waals surface area contributed by atoms with Crippen LogP contribution in [0.3, 0.4) is 0 Å². The van der Waals surface area contributed by atoms with E-state index in [1.165, 1.54) is 18.2 Å². The van der Waals surface area contributed by atoms with Crippen LogP contribution in [-0.4, -0.2) is 34.3 Å². The third-order valence-corrected chi connectivity index (χ3v) is 6.37. The summed E-state index contributed by atoms with van der Waals surface area (Å²) in [7, 11) is 0. The predicted octanol–water partition coefficient (Wildman–Crippen LogP) is 5.77. The van der Waals surface area contributed by atoms with Gasteiger partial charge in [-0.05, 0) is 48.1 Å². The van der Waals surface area contributed by atoms with Gasteiger partial charge < -0.3 is 15.1 Å². The maximum absolute atomic E-state index is 13.4. The van der Waals surface area contributed by atoms with Gasteiger partial charge in [0, 0.05) is 23.2 Å². The number of anilines is 1. The first-order chi connectivity index (χ1) is 15.5. The zero-order valence-corrected chi connectivity index (χ0v) is 18.9. The maximum Gasteiger partial charge on any atom is 0.322 e. The van der Waals surface area contributed by atoms with E-state index in [2.05, 4.69) is 5.32 Å². The lowest BCUT2D eigenvalue weighted by Gasteiger charge is -2.28. The minimum absolute atomic E-state index is 0.0233. The molecular weight excluding hydrogens is 449 g/mol. The molecule has 32 heavy (non-hydrogen) atoms. The van der Waals surface area contributed by atoms with Gasteiger partial charge in [-0.3, -0.25) is 4.79 Å². The van der Waals surface area contributed by atoms with Crippen molar-refractivity contribution >= 4 is 40.6 Å². The van der Waals surface area contributed by atoms with E-state index < -0.39 is 5.82 Å². The number of nitrogens with one attached hydrogen (secondary N) is 1. The molecule has 0 bridgehead atoms. The molecule has 0 radical (unpaired) electrons. The molecule has 5 nitrogen and oxygen atoms in total. The van der Waals surface area contributed by atoms with Crippen molar-refractivity contribution in [1.82, 2.24) is 9.80 Å². The summed E-state index contributed by atoms with van der Waals surface area (Å²) in [5, 5.41) is 4.65. The highest BCUT2D eigenvalue weighted by Gasteiger charge is 2.35. The number of hydrogen-bond donors (Lipinski definition) is 1. The number of carbonyl (C=O) groups excluding carboxylic acids is 2. The Morgan fingerprint density at radius 2 is 1.84 bits per heavy atom. The molecule has 0 unspecified atom stereocenters. The molecule has 0 spiro atoms. The maximum atomic E-state index is 13.4. The normalized spacial score (nSPS) is 12.9. The highest BCUT2D eigenvalue weighted by atomic mass is 35.5. The molecule has 0 aliphatic heterocycles. The van der Waals surface area contributed by atoms with Crippen molar-refractivity contribution in [3.8, 4) is 0 Å². The topological polar surface area (TPSA) is 52.7 Å². The van der Waals surface area contributed by atoms with Gasteiger partial charge in [0.1, 0.15) is 12.4 Å². The van der Waals surface area contributed by atoms with E-state index in [9.17, 15) is 14.0 Å². The molecule has 4 rings (SSSR count). The smallest absolute Gasteiger partial charge is 0.322 e. The fourth-order valence-electron chi connectivity index (χ4n) is 3.39. The van der Waals surface area contributed by atoms with Gasteiger partial charge in [-0.2, -0.15) is 0 Å². The number of amides is 3. The number of urea groups is 1. The first kappa shape index (κ1) is 22.3. The Hall–Kier alpha value is -2.90. The summed E-state index contributed by atoms with van der Waals surface area (Å²) in [6, 6.07) is 17.4. The van der Waals surface area contributed by atoms with Crippen LogP contribution in [0.4, 0.5) is 14.9 Å². The second kappa shape index (κ2) is 10.1. The molecule has 166 valence electrons. The third-order valence-electron chi connectivity index (χ3n) is 5.22. The first-order valence-electron chi connectivity index (χ1n) is 10.4. The zero-order valence-electron chi connectivity index (χ0n) is 17.3. The predicted molar refractivity (Wildman–Crippen MR) is 125 cm³/mol. The second-order valence-electron chi connectivity index (χ2n) is 7.73. The largest absolute Gasteiger partial charge is 0.332 e. The van der Waals surface area contributed by atoms with Crippen molar-refractivity contribution in [3.63, 3.8) is 0 Å². The first-order valence-corrected chi connectivity index (χ1v) is 11.6. The second-order valence-corrected chi connectivity index (χ2v) is 9.17. The Bertz CT molecular complexity index is 1070. The molecule has 1 N–H and O–H groups in total. The summed E-state index contributed by atoms with van der Waals surface area (Å²) < 4.78 is 13.4. The average molecular weight is 472 g/mol. The Morgan fingerprint density at radius 3 is 2.50 bits per heavy atom. The average Bonchev–Trinajstić information content (AvgIpc) is 3.50. The van der Waals surface area contributed by atoms with Gasteiger partial charge in [-0.25, -0.2) is 9.18 Å². The van der Waals surface area contributed by atoms with Crippen molar-refractivity contribution in [2.24, 2.45) is 0 Å². The molecule has 0 saturated heterocycles. The number of benzene rings is 2. The SMILES string of the molecule is O=C(CN(C(=O)Nc1ccc(F)c(Cl)c1)C1CC1)N(Cc1ccccc1)Cc1cccs1. The summed E-state index contributed by atoms with van der Waals surface area (Å²) in [6.45, 7) is 0.925. The molecular formula is C24H23ClFN3O2S. The summed E-state index contributed by atoms with van der Waals surface area (Å²) in [5.74, 6) is -0.675. The zero-order chi connectivity index (χ0) is 22.5. The van der Waals surface area contributed by atoms with Gasteiger partial charge in [0.05, 0.1) is 11.6 Å². The monoisotopic (exact) mass is 471 g/mol. The van der Waals surface area contributed by atoms with E-state index >= 15 is 0 Å². The van der Waals surface area contributed by atoms with Crippen molar-refractivity contribution in [2.45, 2.75) is 32.0 Å². The molecule has 3 aromatic rings. The van der Waals surface area contributed by atoms with E-state index in [1.807, 2.05) is 47.8 Å². The van der Waals surface area contributed by atoms with Crippen LogP contribution in [0.5, 0.6) is 0 Å². The molecule has 1 aliphatic rings. The fraction of sp³-hybridized carbons (Fsp3) is 0.250. The molecule has 8 heteroatoms. The molecule has 1 heterocycles. The number of halogens is 2. The summed E-state index contributed by atoms with van der Waals surface area (Å²) in [6.07, 6.45) is 1.71. The van der Waals surface area contributed by atoms with Crippen molar-refractivity contribution in [3.05, 3.63) is 87.3 Å². The Morgan fingerprint density at radius 1 is 1.06 bits per heavy atom. The lowest BCUT2D eigenvalue weighted by molar-refractivity contribution is -0.133. The van der Waals surface area contributed by atoms with Crippen LogP contribution in [0.2, 0.25) is 5.02 Å². The lowest BCUT2D eigenvalue weighted by atomic mass is 10.2. The van der Waals surface area contributed by atoms with E-state index in [1.54, 1.807) is 21.1 Å². The summed E-state index contributed by atoms with van der Waals surface area (Å²) in [5.41, 5.74) is 1.42. The van der Waals surface area contributed by atoms with Gasteiger partial charge >= 0.3 is 6.03 Å². The van der Waals surface area contributed by atoms with Crippen LogP contribution >= 0.6 is 22.9 Å².